The molecule has 1 aliphatic rings. The number of ether oxygens (including phenoxy) is 2. The number of benzene rings is 1. The van der Waals surface area contributed by atoms with Gasteiger partial charge in [-0.3, -0.25) is 0 Å². The molecule has 0 saturated carbocycles. The lowest BCUT2D eigenvalue weighted by atomic mass is 9.94. The smallest absolute Gasteiger partial charge is 0.165 e. The van der Waals surface area contributed by atoms with Crippen molar-refractivity contribution in [2.75, 3.05) is 26.5 Å². The minimum Gasteiger partial charge on any atom is -0.493 e. The second kappa shape index (κ2) is 6.53. The second-order valence-electron chi connectivity index (χ2n) is 4.77. The summed E-state index contributed by atoms with van der Waals surface area (Å²) in [5.41, 5.74) is 4.00. The lowest BCUT2D eigenvalue weighted by Gasteiger charge is -2.24. The summed E-state index contributed by atoms with van der Waals surface area (Å²) in [6.07, 6.45) is 1.13. The van der Waals surface area contributed by atoms with Gasteiger partial charge in [-0.1, -0.05) is 6.92 Å². The Morgan fingerprint density at radius 1 is 1.37 bits per heavy atom. The predicted octanol–water partition coefficient (Wildman–Crippen LogP) is 3.30. The Balaban J connectivity index is 2.60. The van der Waals surface area contributed by atoms with Gasteiger partial charge in [-0.25, -0.2) is 0 Å². The van der Waals surface area contributed by atoms with Gasteiger partial charge in [0.05, 0.1) is 14.2 Å². The molecule has 0 aliphatic carbocycles. The van der Waals surface area contributed by atoms with Gasteiger partial charge in [0, 0.05) is 17.4 Å². The van der Waals surface area contributed by atoms with Crippen molar-refractivity contribution in [1.29, 1.82) is 0 Å². The number of nitrogens with one attached hydrogen (secondary N) is 1. The largest absolute Gasteiger partial charge is 0.493 e. The molecular weight excluding hydrogens is 258 g/mol. The number of rotatable bonds is 4. The van der Waals surface area contributed by atoms with Gasteiger partial charge >= 0.3 is 0 Å². The fourth-order valence-corrected chi connectivity index (χ4v) is 3.86. The minimum atomic E-state index is 0.360. The summed E-state index contributed by atoms with van der Waals surface area (Å²) in [6, 6.07) is 2.45. The monoisotopic (exact) mass is 281 g/mol. The SMILES string of the molecule is CCNC1CCSCc2c(C)cc(OC)c(OC)c21. The van der Waals surface area contributed by atoms with Crippen molar-refractivity contribution >= 4 is 11.8 Å². The molecule has 3 nitrogen and oxygen atoms in total. The summed E-state index contributed by atoms with van der Waals surface area (Å²) in [5.74, 6) is 3.98. The van der Waals surface area contributed by atoms with Gasteiger partial charge in [0.25, 0.3) is 0 Å². The quantitative estimate of drug-likeness (QED) is 0.917. The highest BCUT2D eigenvalue weighted by atomic mass is 32.2. The van der Waals surface area contributed by atoms with E-state index in [1.54, 1.807) is 14.2 Å². The van der Waals surface area contributed by atoms with E-state index in [4.69, 9.17) is 9.47 Å². The Kier molecular flexibility index (Phi) is 4.99. The van der Waals surface area contributed by atoms with Crippen LogP contribution in [0.15, 0.2) is 6.07 Å². The third-order valence-electron chi connectivity index (χ3n) is 3.64. The first kappa shape index (κ1) is 14.5. The molecule has 1 aromatic rings. The Labute approximate surface area is 120 Å². The third-order valence-corrected chi connectivity index (χ3v) is 4.65. The van der Waals surface area contributed by atoms with Gasteiger partial charge in [-0.05, 0) is 42.8 Å². The molecule has 1 heterocycles. The van der Waals surface area contributed by atoms with Crippen molar-refractivity contribution in [3.8, 4) is 11.5 Å². The van der Waals surface area contributed by atoms with Crippen LogP contribution < -0.4 is 14.8 Å². The first-order valence-electron chi connectivity index (χ1n) is 6.78. The van der Waals surface area contributed by atoms with Gasteiger partial charge < -0.3 is 14.8 Å². The standard InChI is InChI=1S/C15H23NO2S/c1-5-16-12-6-7-19-9-11-10(2)8-13(17-3)15(18-4)14(11)12/h8,12,16H,5-7,9H2,1-4H3. The second-order valence-corrected chi connectivity index (χ2v) is 5.88. The molecule has 0 aromatic heterocycles. The fourth-order valence-electron chi connectivity index (χ4n) is 2.72. The molecule has 0 amide bonds. The Morgan fingerprint density at radius 2 is 2.16 bits per heavy atom. The first-order valence-corrected chi connectivity index (χ1v) is 7.93. The highest BCUT2D eigenvalue weighted by molar-refractivity contribution is 7.98. The van der Waals surface area contributed by atoms with E-state index in [-0.39, 0.29) is 0 Å². The normalized spacial score (nSPS) is 18.6. The zero-order valence-corrected chi connectivity index (χ0v) is 13.0. The summed E-state index contributed by atoms with van der Waals surface area (Å²) in [6.45, 7) is 5.28. The Hall–Kier alpha value is -0.870. The van der Waals surface area contributed by atoms with E-state index in [0.717, 1.165) is 30.2 Å². The summed E-state index contributed by atoms with van der Waals surface area (Å²) in [5, 5.41) is 3.59. The molecule has 1 aromatic carbocycles. The van der Waals surface area contributed by atoms with Crippen LogP contribution in [0.1, 0.15) is 36.1 Å². The van der Waals surface area contributed by atoms with Crippen LogP contribution in [0.4, 0.5) is 0 Å². The van der Waals surface area contributed by atoms with E-state index >= 15 is 0 Å². The average Bonchev–Trinajstić information content (AvgIpc) is 2.62. The van der Waals surface area contributed by atoms with Crippen molar-refractivity contribution in [2.45, 2.75) is 32.1 Å². The summed E-state index contributed by atoms with van der Waals surface area (Å²) < 4.78 is 11.1. The number of aryl methyl sites for hydroxylation is 1. The minimum absolute atomic E-state index is 0.360. The van der Waals surface area contributed by atoms with E-state index < -0.39 is 0 Å². The van der Waals surface area contributed by atoms with Crippen LogP contribution in [-0.2, 0) is 5.75 Å². The first-order chi connectivity index (χ1) is 9.22. The van der Waals surface area contributed by atoms with Crippen molar-refractivity contribution in [1.82, 2.24) is 5.32 Å². The molecule has 0 bridgehead atoms. The number of hydrogen-bond donors (Lipinski definition) is 1. The zero-order valence-electron chi connectivity index (χ0n) is 12.2. The van der Waals surface area contributed by atoms with Crippen LogP contribution in [0, 0.1) is 6.92 Å². The molecular formula is C15H23NO2S. The molecule has 0 spiro atoms. The molecule has 1 unspecified atom stereocenters. The fraction of sp³-hybridized carbons (Fsp3) is 0.600. The van der Waals surface area contributed by atoms with E-state index in [1.165, 1.54) is 22.4 Å². The number of thioether (sulfide) groups is 1. The average molecular weight is 281 g/mol. The molecule has 2 rings (SSSR count). The van der Waals surface area contributed by atoms with Gasteiger partial charge in [-0.2, -0.15) is 11.8 Å². The number of methoxy groups -OCH3 is 2. The van der Waals surface area contributed by atoms with Gasteiger partial charge in [0.15, 0.2) is 11.5 Å². The van der Waals surface area contributed by atoms with Crippen molar-refractivity contribution in [3.05, 3.63) is 22.8 Å². The van der Waals surface area contributed by atoms with Crippen molar-refractivity contribution in [3.63, 3.8) is 0 Å². The van der Waals surface area contributed by atoms with Crippen molar-refractivity contribution in [2.24, 2.45) is 0 Å². The molecule has 106 valence electrons. The van der Waals surface area contributed by atoms with E-state index in [2.05, 4.69) is 25.2 Å². The number of hydrogen-bond acceptors (Lipinski definition) is 4. The van der Waals surface area contributed by atoms with E-state index in [0.29, 0.717) is 6.04 Å². The maximum absolute atomic E-state index is 5.65. The van der Waals surface area contributed by atoms with Crippen LogP contribution >= 0.6 is 11.8 Å². The van der Waals surface area contributed by atoms with E-state index in [1.807, 2.05) is 11.8 Å². The lowest BCUT2D eigenvalue weighted by Crippen LogP contribution is -2.22. The summed E-state index contributed by atoms with van der Waals surface area (Å²) >= 11 is 2.00. The van der Waals surface area contributed by atoms with Gasteiger partial charge in [0.1, 0.15) is 0 Å². The molecule has 1 atom stereocenters. The molecule has 0 radical (unpaired) electrons. The lowest BCUT2D eigenvalue weighted by molar-refractivity contribution is 0.345. The Morgan fingerprint density at radius 3 is 2.79 bits per heavy atom. The number of fused-ring (bicyclic) bond motifs is 1. The highest BCUT2D eigenvalue weighted by Gasteiger charge is 2.26. The van der Waals surface area contributed by atoms with Gasteiger partial charge in [0.2, 0.25) is 0 Å². The molecule has 4 heteroatoms. The molecule has 1 N–H and O–H groups in total. The maximum atomic E-state index is 5.65. The van der Waals surface area contributed by atoms with Crippen molar-refractivity contribution < 1.29 is 9.47 Å². The summed E-state index contributed by atoms with van der Waals surface area (Å²) in [4.78, 5) is 0. The van der Waals surface area contributed by atoms with Crippen LogP contribution in [0.3, 0.4) is 0 Å². The van der Waals surface area contributed by atoms with Crippen LogP contribution in [-0.4, -0.2) is 26.5 Å². The van der Waals surface area contributed by atoms with Crippen LogP contribution in [0.2, 0.25) is 0 Å². The van der Waals surface area contributed by atoms with Crippen LogP contribution in [0.25, 0.3) is 0 Å². The zero-order chi connectivity index (χ0) is 13.8. The topological polar surface area (TPSA) is 30.5 Å². The molecule has 0 saturated heterocycles. The highest BCUT2D eigenvalue weighted by Crippen LogP contribution is 2.43. The summed E-state index contributed by atoms with van der Waals surface area (Å²) in [7, 11) is 3.44. The Bertz CT molecular complexity index is 448. The van der Waals surface area contributed by atoms with E-state index in [9.17, 15) is 0 Å². The van der Waals surface area contributed by atoms with Crippen LogP contribution in [0.5, 0.6) is 11.5 Å². The maximum Gasteiger partial charge on any atom is 0.165 e. The molecule has 19 heavy (non-hydrogen) atoms. The predicted molar refractivity (Wildman–Crippen MR) is 81.5 cm³/mol. The molecule has 1 aliphatic heterocycles. The van der Waals surface area contributed by atoms with Gasteiger partial charge in [-0.15, -0.1) is 0 Å². The third kappa shape index (κ3) is 2.84. The molecule has 0 fully saturated rings.